The molecule has 2 heterocycles. The summed E-state index contributed by atoms with van der Waals surface area (Å²) in [7, 11) is 1.25. The SMILES string of the molecule is COC(=O)/C=C/CCNC(=O)c1cc(=O)[nH]c2nn(CC(F)F)c(C)c12. The van der Waals surface area contributed by atoms with Gasteiger partial charge in [-0.3, -0.25) is 14.3 Å². The number of esters is 1. The molecule has 0 fully saturated rings. The highest BCUT2D eigenvalue weighted by Crippen LogP contribution is 2.20. The number of aryl methyl sites for hydroxylation is 1. The fraction of sp³-hybridized carbons (Fsp3) is 0.375. The molecule has 2 N–H and O–H groups in total. The van der Waals surface area contributed by atoms with Crippen LogP contribution in [0, 0.1) is 6.92 Å². The number of nitrogens with one attached hydrogen (secondary N) is 2. The number of hydrogen-bond acceptors (Lipinski definition) is 5. The minimum Gasteiger partial charge on any atom is -0.466 e. The zero-order chi connectivity index (χ0) is 19.3. The van der Waals surface area contributed by atoms with Crippen molar-refractivity contribution in [1.29, 1.82) is 0 Å². The van der Waals surface area contributed by atoms with Crippen LogP contribution in [0.5, 0.6) is 0 Å². The number of alkyl halides is 2. The van der Waals surface area contributed by atoms with E-state index in [2.05, 4.69) is 20.1 Å². The summed E-state index contributed by atoms with van der Waals surface area (Å²) in [4.78, 5) is 37.5. The van der Waals surface area contributed by atoms with Crippen molar-refractivity contribution in [3.8, 4) is 0 Å². The average Bonchev–Trinajstić information content (AvgIpc) is 2.88. The molecule has 2 rings (SSSR count). The number of aromatic amines is 1. The van der Waals surface area contributed by atoms with Gasteiger partial charge in [0, 0.05) is 24.4 Å². The predicted octanol–water partition coefficient (Wildman–Crippen LogP) is 1.15. The fourth-order valence-electron chi connectivity index (χ4n) is 2.41. The van der Waals surface area contributed by atoms with Crippen LogP contribution in [-0.4, -0.2) is 46.7 Å². The average molecular weight is 368 g/mol. The van der Waals surface area contributed by atoms with Crippen molar-refractivity contribution in [3.63, 3.8) is 0 Å². The van der Waals surface area contributed by atoms with Crippen LogP contribution in [-0.2, 0) is 16.1 Å². The molecule has 0 saturated carbocycles. The molecule has 0 saturated heterocycles. The molecule has 0 bridgehead atoms. The summed E-state index contributed by atoms with van der Waals surface area (Å²) in [5.41, 5.74) is -0.0766. The highest BCUT2D eigenvalue weighted by atomic mass is 19.3. The van der Waals surface area contributed by atoms with E-state index in [1.807, 2.05) is 0 Å². The second-order valence-electron chi connectivity index (χ2n) is 5.40. The number of carbonyl (C=O) groups is 2. The molecule has 0 spiro atoms. The van der Waals surface area contributed by atoms with Crippen LogP contribution in [0.1, 0.15) is 22.5 Å². The van der Waals surface area contributed by atoms with E-state index in [1.165, 1.54) is 19.3 Å². The minimum atomic E-state index is -2.62. The molecular formula is C16H18F2N4O4. The van der Waals surface area contributed by atoms with Gasteiger partial charge in [0.2, 0.25) is 5.56 Å². The topological polar surface area (TPSA) is 106 Å². The number of hydrogen-bond donors (Lipinski definition) is 2. The van der Waals surface area contributed by atoms with E-state index in [0.717, 1.165) is 10.7 Å². The first kappa shape index (κ1) is 19.3. The summed E-state index contributed by atoms with van der Waals surface area (Å²) in [6.07, 6.45) is 0.520. The van der Waals surface area contributed by atoms with Crippen molar-refractivity contribution >= 4 is 22.9 Å². The monoisotopic (exact) mass is 368 g/mol. The standard InChI is InChI=1S/C16H18F2N4O4/c1-9-14-10(16(25)19-6-4-3-5-13(24)26-2)7-12(23)20-15(14)21-22(9)8-11(17)18/h3,5,7,11H,4,6,8H2,1-2H3,(H,19,25)(H,20,21,23)/b5-3+. The molecule has 0 aliphatic rings. The fourth-order valence-corrected chi connectivity index (χ4v) is 2.41. The van der Waals surface area contributed by atoms with Crippen molar-refractivity contribution in [2.75, 3.05) is 13.7 Å². The molecule has 2 aromatic rings. The summed E-state index contributed by atoms with van der Waals surface area (Å²) in [6.45, 7) is 1.12. The van der Waals surface area contributed by atoms with Gasteiger partial charge in [0.25, 0.3) is 12.3 Å². The van der Waals surface area contributed by atoms with Crippen LogP contribution in [0.4, 0.5) is 8.78 Å². The normalized spacial score (nSPS) is 11.4. The molecule has 1 amide bonds. The number of carbonyl (C=O) groups excluding carboxylic acids is 2. The van der Waals surface area contributed by atoms with Gasteiger partial charge in [-0.2, -0.15) is 5.10 Å². The highest BCUT2D eigenvalue weighted by Gasteiger charge is 2.19. The molecule has 26 heavy (non-hydrogen) atoms. The van der Waals surface area contributed by atoms with Crippen molar-refractivity contribution in [3.05, 3.63) is 39.8 Å². The maximum Gasteiger partial charge on any atom is 0.330 e. The lowest BCUT2D eigenvalue weighted by atomic mass is 10.1. The Balaban J connectivity index is 2.21. The first-order valence-electron chi connectivity index (χ1n) is 7.74. The molecule has 0 aliphatic carbocycles. The Kier molecular flexibility index (Phi) is 6.21. The summed E-state index contributed by atoms with van der Waals surface area (Å²) in [5, 5.41) is 6.85. The highest BCUT2D eigenvalue weighted by molar-refractivity contribution is 6.06. The Labute approximate surface area is 146 Å². The molecule has 10 heteroatoms. The van der Waals surface area contributed by atoms with Crippen LogP contribution in [0.15, 0.2) is 23.0 Å². The van der Waals surface area contributed by atoms with E-state index in [9.17, 15) is 23.2 Å². The van der Waals surface area contributed by atoms with Crippen LogP contribution in [0.25, 0.3) is 11.0 Å². The van der Waals surface area contributed by atoms with E-state index in [-0.39, 0.29) is 17.8 Å². The Hall–Kier alpha value is -3.04. The van der Waals surface area contributed by atoms with Crippen molar-refractivity contribution in [1.82, 2.24) is 20.1 Å². The van der Waals surface area contributed by atoms with Crippen LogP contribution >= 0.6 is 0 Å². The van der Waals surface area contributed by atoms with Gasteiger partial charge in [0.15, 0.2) is 5.65 Å². The largest absolute Gasteiger partial charge is 0.466 e. The Bertz CT molecular complexity index is 902. The van der Waals surface area contributed by atoms with E-state index in [1.54, 1.807) is 6.92 Å². The van der Waals surface area contributed by atoms with Gasteiger partial charge < -0.3 is 15.0 Å². The quantitative estimate of drug-likeness (QED) is 0.433. The number of pyridine rings is 1. The summed E-state index contributed by atoms with van der Waals surface area (Å²) >= 11 is 0. The number of ether oxygens (including phenoxy) is 1. The Morgan fingerprint density at radius 3 is 2.85 bits per heavy atom. The van der Waals surface area contributed by atoms with E-state index < -0.39 is 30.4 Å². The number of fused-ring (bicyclic) bond motifs is 1. The molecule has 0 aromatic carbocycles. The second kappa shape index (κ2) is 8.37. The summed E-state index contributed by atoms with van der Waals surface area (Å²) in [5.74, 6) is -1.04. The van der Waals surface area contributed by atoms with E-state index in [0.29, 0.717) is 17.5 Å². The molecule has 2 aromatic heterocycles. The Morgan fingerprint density at radius 2 is 2.19 bits per heavy atom. The van der Waals surface area contributed by atoms with Gasteiger partial charge in [0.05, 0.1) is 18.1 Å². The van der Waals surface area contributed by atoms with Gasteiger partial charge in [-0.05, 0) is 13.3 Å². The van der Waals surface area contributed by atoms with Gasteiger partial charge >= 0.3 is 5.97 Å². The summed E-state index contributed by atoms with van der Waals surface area (Å²) in [6, 6.07) is 1.10. The van der Waals surface area contributed by atoms with Gasteiger partial charge in [-0.15, -0.1) is 0 Å². The number of nitrogens with zero attached hydrogens (tertiary/aromatic N) is 2. The molecule has 0 radical (unpaired) electrons. The predicted molar refractivity (Wildman–Crippen MR) is 89.2 cm³/mol. The zero-order valence-electron chi connectivity index (χ0n) is 14.2. The minimum absolute atomic E-state index is 0.0544. The van der Waals surface area contributed by atoms with Gasteiger partial charge in [-0.25, -0.2) is 13.6 Å². The number of rotatable bonds is 7. The lowest BCUT2D eigenvalue weighted by Gasteiger charge is -2.06. The van der Waals surface area contributed by atoms with Crippen LogP contribution < -0.4 is 10.9 Å². The number of H-pyrrole nitrogens is 1. The van der Waals surface area contributed by atoms with Crippen LogP contribution in [0.2, 0.25) is 0 Å². The molecule has 140 valence electrons. The number of methoxy groups -OCH3 is 1. The van der Waals surface area contributed by atoms with Gasteiger partial charge in [0.1, 0.15) is 6.54 Å². The third-order valence-corrected chi connectivity index (χ3v) is 3.60. The van der Waals surface area contributed by atoms with Crippen molar-refractivity contribution in [2.45, 2.75) is 26.3 Å². The first-order valence-corrected chi connectivity index (χ1v) is 7.74. The molecular weight excluding hydrogens is 350 g/mol. The zero-order valence-corrected chi connectivity index (χ0v) is 14.2. The van der Waals surface area contributed by atoms with Crippen molar-refractivity contribution < 1.29 is 23.1 Å². The lowest BCUT2D eigenvalue weighted by Crippen LogP contribution is -2.26. The number of amides is 1. The third-order valence-electron chi connectivity index (χ3n) is 3.60. The number of aromatic nitrogens is 3. The van der Waals surface area contributed by atoms with Crippen molar-refractivity contribution in [2.24, 2.45) is 0 Å². The maximum absolute atomic E-state index is 12.6. The molecule has 0 aliphatic heterocycles. The Morgan fingerprint density at radius 1 is 1.46 bits per heavy atom. The smallest absolute Gasteiger partial charge is 0.330 e. The molecule has 0 unspecified atom stereocenters. The summed E-state index contributed by atoms with van der Waals surface area (Å²) < 4.78 is 30.8. The second-order valence-corrected chi connectivity index (χ2v) is 5.40. The van der Waals surface area contributed by atoms with Gasteiger partial charge in [-0.1, -0.05) is 6.08 Å². The maximum atomic E-state index is 12.6. The molecule has 8 nitrogen and oxygen atoms in total. The number of halogens is 2. The van der Waals surface area contributed by atoms with E-state index in [4.69, 9.17) is 0 Å². The third kappa shape index (κ3) is 4.52. The first-order chi connectivity index (χ1) is 12.3. The van der Waals surface area contributed by atoms with E-state index >= 15 is 0 Å². The lowest BCUT2D eigenvalue weighted by molar-refractivity contribution is -0.134. The van der Waals surface area contributed by atoms with Crippen LogP contribution in [0.3, 0.4) is 0 Å². The molecule has 0 atom stereocenters.